The molecule has 0 bridgehead atoms. The highest BCUT2D eigenvalue weighted by Crippen LogP contribution is 2.31. The summed E-state index contributed by atoms with van der Waals surface area (Å²) in [5.74, 6) is -5.93. The Hall–Kier alpha value is -4.35. The Morgan fingerprint density at radius 2 is 1.52 bits per heavy atom. The van der Waals surface area contributed by atoms with Crippen molar-refractivity contribution in [2.75, 3.05) is 33.1 Å². The second kappa shape index (κ2) is 22.0. The number of nitrogens with zero attached hydrogens (tertiary/aromatic N) is 2. The number of carbonyl (C=O) groups excluding carboxylic acids is 5. The van der Waals surface area contributed by atoms with Crippen LogP contribution in [0, 0.1) is 29.6 Å². The van der Waals surface area contributed by atoms with E-state index in [1.54, 1.807) is 59.4 Å². The quantitative estimate of drug-likeness (QED) is 0.152. The molecule has 0 aromatic heterocycles. The minimum atomic E-state index is -5.16. The van der Waals surface area contributed by atoms with Crippen LogP contribution in [0.4, 0.5) is 18.9 Å². The van der Waals surface area contributed by atoms with Gasteiger partial charge in [0.25, 0.3) is 10.0 Å². The molecule has 0 spiro atoms. The van der Waals surface area contributed by atoms with Crippen molar-refractivity contribution in [3.63, 3.8) is 0 Å². The van der Waals surface area contributed by atoms with E-state index in [-0.39, 0.29) is 60.6 Å². The van der Waals surface area contributed by atoms with Gasteiger partial charge in [-0.2, -0.15) is 13.2 Å². The molecule has 8 atom stereocenters. The van der Waals surface area contributed by atoms with Gasteiger partial charge in [-0.1, -0.05) is 78.3 Å². The first kappa shape index (κ1) is 50.0. The molecule has 13 nitrogen and oxygen atoms in total. The van der Waals surface area contributed by atoms with Gasteiger partial charge < -0.3 is 24.6 Å². The topological polar surface area (TPSA) is 168 Å². The maximum atomic E-state index is 14.1. The summed E-state index contributed by atoms with van der Waals surface area (Å²) in [5.41, 5.74) is 0.342. The highest BCUT2D eigenvalue weighted by atomic mass is 32.2. The Morgan fingerprint density at radius 1 is 0.900 bits per heavy atom. The van der Waals surface area contributed by atoms with Gasteiger partial charge in [-0.3, -0.25) is 24.0 Å². The molecule has 0 unspecified atom stereocenters. The molecule has 1 aliphatic heterocycles. The lowest BCUT2D eigenvalue weighted by Gasteiger charge is -2.40. The van der Waals surface area contributed by atoms with Crippen LogP contribution in [0.5, 0.6) is 0 Å². The van der Waals surface area contributed by atoms with E-state index in [4.69, 9.17) is 9.47 Å². The van der Waals surface area contributed by atoms with E-state index in [0.29, 0.717) is 24.9 Å². The summed E-state index contributed by atoms with van der Waals surface area (Å²) < 4.78 is 78.5. The highest BCUT2D eigenvalue weighted by Gasteiger charge is 2.43. The van der Waals surface area contributed by atoms with Gasteiger partial charge in [0.2, 0.25) is 17.7 Å². The number of benzene rings is 2. The molecule has 17 heteroatoms. The lowest BCUT2D eigenvalue weighted by atomic mass is 9.85. The molecule has 2 aromatic carbocycles. The zero-order valence-corrected chi connectivity index (χ0v) is 36.8. The molecule has 1 saturated heterocycles. The summed E-state index contributed by atoms with van der Waals surface area (Å²) in [6, 6.07) is 11.6. The molecule has 1 heterocycles. The van der Waals surface area contributed by atoms with E-state index in [0.717, 1.165) is 30.7 Å². The Bertz CT molecular complexity index is 1880. The van der Waals surface area contributed by atoms with Crippen molar-refractivity contribution in [3.05, 3.63) is 60.2 Å². The van der Waals surface area contributed by atoms with Crippen LogP contribution in [0.2, 0.25) is 0 Å². The first-order valence-corrected chi connectivity index (χ1v) is 21.8. The molecule has 60 heavy (non-hydrogen) atoms. The predicted octanol–water partition coefficient (Wildman–Crippen LogP) is 6.02. The van der Waals surface area contributed by atoms with Crippen LogP contribution in [-0.4, -0.2) is 106 Å². The summed E-state index contributed by atoms with van der Waals surface area (Å²) in [4.78, 5) is 69.7. The third-order valence-corrected chi connectivity index (χ3v) is 13.2. The summed E-state index contributed by atoms with van der Waals surface area (Å²) in [6.07, 6.45) is -4.97. The molecule has 0 saturated carbocycles. The molecular weight excluding hydrogens is 806 g/mol. The molecule has 1 aliphatic rings. The number of Topliss-reactive ketones (excluding diaryl/α,β-unsaturated/α-hetero) is 1. The molecule has 2 N–H and O–H groups in total. The molecule has 334 valence electrons. The predicted molar refractivity (Wildman–Crippen MR) is 220 cm³/mol. The molecule has 2 aromatic rings. The first-order valence-electron chi connectivity index (χ1n) is 20.3. The Balaban J connectivity index is 1.81. The van der Waals surface area contributed by atoms with Gasteiger partial charge in [0, 0.05) is 57.7 Å². The lowest BCUT2D eigenvalue weighted by Crippen LogP contribution is -2.53. The molecule has 0 aliphatic carbocycles. The van der Waals surface area contributed by atoms with Crippen LogP contribution >= 0.6 is 0 Å². The van der Waals surface area contributed by atoms with Crippen molar-refractivity contribution in [1.29, 1.82) is 0 Å². The van der Waals surface area contributed by atoms with E-state index in [2.05, 4.69) is 0 Å². The third-order valence-electron chi connectivity index (χ3n) is 11.8. The summed E-state index contributed by atoms with van der Waals surface area (Å²) in [7, 11) is 0.168. The summed E-state index contributed by atoms with van der Waals surface area (Å²) >= 11 is 0. The number of rotatable bonds is 21. The summed E-state index contributed by atoms with van der Waals surface area (Å²) in [5, 5.41) is 1.62. The van der Waals surface area contributed by atoms with Gasteiger partial charge in [-0.15, -0.1) is 0 Å². The number of likely N-dealkylation sites (tertiary alicyclic amines) is 1. The molecular formula is C43H61F3N4O9S. The van der Waals surface area contributed by atoms with Gasteiger partial charge in [0.1, 0.15) is 5.78 Å². The van der Waals surface area contributed by atoms with Crippen LogP contribution in [-0.2, 0) is 49.9 Å². The van der Waals surface area contributed by atoms with Crippen molar-refractivity contribution in [2.45, 2.75) is 115 Å². The van der Waals surface area contributed by atoms with Crippen LogP contribution < -0.4 is 10.0 Å². The highest BCUT2D eigenvalue weighted by molar-refractivity contribution is 7.90. The van der Waals surface area contributed by atoms with E-state index in [1.165, 1.54) is 14.2 Å². The van der Waals surface area contributed by atoms with Crippen molar-refractivity contribution in [1.82, 2.24) is 14.5 Å². The number of alkyl halides is 3. The number of anilines is 1. The maximum Gasteiger partial charge on any atom is 0.471 e. The molecule has 4 amide bonds. The second-order valence-corrected chi connectivity index (χ2v) is 17.8. The molecule has 0 radical (unpaired) electrons. The number of methoxy groups -OCH3 is 2. The minimum Gasteiger partial charge on any atom is -0.379 e. The number of ketones is 1. The first-order chi connectivity index (χ1) is 28.1. The van der Waals surface area contributed by atoms with Crippen molar-refractivity contribution in [3.8, 4) is 0 Å². The van der Waals surface area contributed by atoms with Crippen LogP contribution in [0.1, 0.15) is 79.2 Å². The molecule has 1 fully saturated rings. The average molecular weight is 867 g/mol. The number of nitrogens with one attached hydrogen (secondary N) is 2. The van der Waals surface area contributed by atoms with E-state index in [9.17, 15) is 45.6 Å². The van der Waals surface area contributed by atoms with Crippen LogP contribution in [0.3, 0.4) is 0 Å². The van der Waals surface area contributed by atoms with Gasteiger partial charge in [-0.25, -0.2) is 13.1 Å². The van der Waals surface area contributed by atoms with Gasteiger partial charge in [0.15, 0.2) is 0 Å². The number of ether oxygens (including phenoxy) is 2. The Labute approximate surface area is 352 Å². The number of sulfonamides is 1. The normalized spacial score (nSPS) is 18.1. The van der Waals surface area contributed by atoms with Gasteiger partial charge in [-0.05, 0) is 60.9 Å². The van der Waals surface area contributed by atoms with Crippen molar-refractivity contribution >= 4 is 45.1 Å². The van der Waals surface area contributed by atoms with Crippen molar-refractivity contribution < 1.29 is 55.0 Å². The van der Waals surface area contributed by atoms with E-state index >= 15 is 0 Å². The fraction of sp³-hybridized carbons (Fsp3) is 0.605. The smallest absolute Gasteiger partial charge is 0.379 e. The zero-order valence-electron chi connectivity index (χ0n) is 36.0. The summed E-state index contributed by atoms with van der Waals surface area (Å²) in [6.45, 7) is 12.0. The number of likely N-dealkylation sites (N-methyl/N-ethyl adjacent to an activating group) is 1. The molecule has 3 rings (SSSR count). The monoisotopic (exact) mass is 866 g/mol. The number of hydrogen-bond donors (Lipinski definition) is 2. The Kier molecular flexibility index (Phi) is 18.3. The van der Waals surface area contributed by atoms with E-state index < -0.39 is 68.8 Å². The number of amides is 4. The van der Waals surface area contributed by atoms with Crippen LogP contribution in [0.25, 0.3) is 0 Å². The number of halogens is 3. The van der Waals surface area contributed by atoms with Gasteiger partial charge in [0.05, 0.1) is 35.6 Å². The SMILES string of the molecule is CC[C@H](C)[C@@H]([C@@H](CC(=O)N1CCC[C@H]1[C@H](OC)[C@@H](C)C(=O)C[C@@H](Cc1ccccc1)C(=O)NS(=O)(=O)c1ccc(NC(=O)C(F)(F)F)cc1)OC)N(C)C(=O)[C@@H](C)C(C)C. The fourth-order valence-corrected chi connectivity index (χ4v) is 8.77. The number of carbonyl (C=O) groups is 5. The van der Waals surface area contributed by atoms with Crippen molar-refractivity contribution in [2.24, 2.45) is 29.6 Å². The van der Waals surface area contributed by atoms with Crippen LogP contribution in [0.15, 0.2) is 59.5 Å². The standard InChI is InChI=1S/C43H61F3N4O9S/c1-10-27(4)38(49(7)41(54)28(5)26(2)3)36(58-8)25-37(52)50-22-14-17-34(50)39(59-9)29(6)35(51)24-31(23-30-15-12-11-13-16-30)40(53)48-60(56,57)33-20-18-32(19-21-33)47-42(55)43(44,45)46/h11-13,15-16,18-21,26-29,31,34,36,38-39H,10,14,17,22-25H2,1-9H3,(H,47,55)(H,48,53)/t27-,28-,29-,31+,34-,36+,38-,39+/m0/s1. The lowest BCUT2D eigenvalue weighted by molar-refractivity contribution is -0.167. The maximum absolute atomic E-state index is 14.1. The Morgan fingerprint density at radius 3 is 2.05 bits per heavy atom. The third kappa shape index (κ3) is 13.1. The minimum absolute atomic E-state index is 0.00258. The fourth-order valence-electron chi connectivity index (χ4n) is 7.73. The zero-order chi connectivity index (χ0) is 45.1. The largest absolute Gasteiger partial charge is 0.471 e. The average Bonchev–Trinajstić information content (AvgIpc) is 3.69. The van der Waals surface area contributed by atoms with Gasteiger partial charge >= 0.3 is 12.1 Å². The second-order valence-electron chi connectivity index (χ2n) is 16.1. The van der Waals surface area contributed by atoms with E-state index in [1.807, 2.05) is 39.3 Å². The number of hydrogen-bond acceptors (Lipinski definition) is 9.